The van der Waals surface area contributed by atoms with Gasteiger partial charge >= 0.3 is 0 Å². The van der Waals surface area contributed by atoms with Crippen molar-refractivity contribution in [2.45, 2.75) is 25.9 Å². The van der Waals surface area contributed by atoms with Gasteiger partial charge in [-0.3, -0.25) is 19.9 Å². The largest absolute Gasteiger partial charge is 0.332 e. The smallest absolute Gasteiger partial charge is 0.251 e. The van der Waals surface area contributed by atoms with Gasteiger partial charge in [-0.25, -0.2) is 4.98 Å². The monoisotopic (exact) mass is 249 g/mol. The van der Waals surface area contributed by atoms with Gasteiger partial charge in [0.05, 0.1) is 12.2 Å². The molecule has 3 N–H and O–H groups in total. The van der Waals surface area contributed by atoms with E-state index in [1.165, 1.54) is 12.4 Å². The maximum absolute atomic E-state index is 11.9. The first kappa shape index (κ1) is 12.4. The Labute approximate surface area is 104 Å². The molecule has 1 fully saturated rings. The van der Waals surface area contributed by atoms with Crippen LogP contribution in [0.2, 0.25) is 0 Å². The fraction of sp³-hybridized carbons (Fsp3) is 0.455. The van der Waals surface area contributed by atoms with E-state index in [0.29, 0.717) is 11.5 Å². The molecule has 2 heterocycles. The van der Waals surface area contributed by atoms with Crippen LogP contribution in [-0.2, 0) is 16.1 Å². The van der Waals surface area contributed by atoms with Crippen LogP contribution in [0.4, 0.5) is 5.82 Å². The molecule has 0 saturated carbocycles. The Kier molecular flexibility index (Phi) is 3.00. The number of hydrogen-bond acceptors (Lipinski definition) is 6. The summed E-state index contributed by atoms with van der Waals surface area (Å²) in [6.07, 6.45) is 3.05. The summed E-state index contributed by atoms with van der Waals surface area (Å²) < 4.78 is 0. The second kappa shape index (κ2) is 4.34. The van der Waals surface area contributed by atoms with Gasteiger partial charge in [0.25, 0.3) is 5.91 Å². The lowest BCUT2D eigenvalue weighted by atomic mass is 9.98. The predicted molar refractivity (Wildman–Crippen MR) is 64.5 cm³/mol. The summed E-state index contributed by atoms with van der Waals surface area (Å²) in [6, 6.07) is 0. The van der Waals surface area contributed by atoms with Gasteiger partial charge in [-0.1, -0.05) is 0 Å². The van der Waals surface area contributed by atoms with Crippen molar-refractivity contribution in [3.63, 3.8) is 0 Å². The zero-order valence-electron chi connectivity index (χ0n) is 10.3. The van der Waals surface area contributed by atoms with Crippen LogP contribution in [0.3, 0.4) is 0 Å². The van der Waals surface area contributed by atoms with E-state index < -0.39 is 5.54 Å². The van der Waals surface area contributed by atoms with Gasteiger partial charge in [0.2, 0.25) is 5.91 Å². The molecule has 0 unspecified atom stereocenters. The summed E-state index contributed by atoms with van der Waals surface area (Å²) in [5.74, 6) is -0.228. The molecule has 0 atom stereocenters. The summed E-state index contributed by atoms with van der Waals surface area (Å²) >= 11 is 0. The summed E-state index contributed by atoms with van der Waals surface area (Å²) in [5.41, 5.74) is 5.30. The molecule has 0 aromatic carbocycles. The summed E-state index contributed by atoms with van der Waals surface area (Å²) in [4.78, 5) is 33.3. The minimum Gasteiger partial charge on any atom is -0.332 e. The number of carbonyl (C=O) groups excluding carboxylic acids is 2. The Balaban J connectivity index is 2.47. The first-order valence-corrected chi connectivity index (χ1v) is 5.58. The van der Waals surface area contributed by atoms with E-state index in [4.69, 9.17) is 5.73 Å². The minimum atomic E-state index is -0.867. The number of aromatic nitrogens is 2. The van der Waals surface area contributed by atoms with E-state index in [9.17, 15) is 9.59 Å². The fourth-order valence-electron chi connectivity index (χ4n) is 1.85. The maximum Gasteiger partial charge on any atom is 0.251 e. The van der Waals surface area contributed by atoms with Crippen molar-refractivity contribution >= 4 is 17.6 Å². The van der Waals surface area contributed by atoms with Crippen molar-refractivity contribution < 1.29 is 9.59 Å². The second-order valence-electron chi connectivity index (χ2n) is 4.55. The molecule has 1 aliphatic rings. The molecule has 2 rings (SSSR count). The van der Waals surface area contributed by atoms with Crippen LogP contribution in [0, 0.1) is 0 Å². The third-order valence-corrected chi connectivity index (χ3v) is 2.99. The van der Waals surface area contributed by atoms with Gasteiger partial charge in [0.15, 0.2) is 5.82 Å². The van der Waals surface area contributed by atoms with Gasteiger partial charge in [-0.2, -0.15) is 0 Å². The number of rotatable bonds is 2. The van der Waals surface area contributed by atoms with Crippen LogP contribution in [0.25, 0.3) is 0 Å². The quantitative estimate of drug-likeness (QED) is 0.664. The maximum atomic E-state index is 11.9. The van der Waals surface area contributed by atoms with Gasteiger partial charge in [0.1, 0.15) is 5.54 Å². The molecule has 1 aromatic rings. The molecule has 2 amide bonds. The number of amides is 2. The lowest BCUT2D eigenvalue weighted by molar-refractivity contribution is -0.135. The lowest BCUT2D eigenvalue weighted by Crippen LogP contribution is -2.64. The Morgan fingerprint density at radius 1 is 1.39 bits per heavy atom. The molecule has 1 aliphatic heterocycles. The van der Waals surface area contributed by atoms with Crippen LogP contribution < -0.4 is 16.0 Å². The molecule has 1 aromatic heterocycles. The van der Waals surface area contributed by atoms with Gasteiger partial charge in [-0.05, 0) is 13.8 Å². The summed E-state index contributed by atoms with van der Waals surface area (Å²) in [5, 5.41) is 2.31. The number of nitrogens with two attached hydrogens (primary N) is 1. The van der Waals surface area contributed by atoms with Crippen LogP contribution in [0.1, 0.15) is 19.5 Å². The second-order valence-corrected chi connectivity index (χ2v) is 4.55. The first-order chi connectivity index (χ1) is 8.46. The number of hydrogen-bond donors (Lipinski definition) is 2. The predicted octanol–water partition coefficient (Wildman–Crippen LogP) is -0.823. The van der Waals surface area contributed by atoms with Crippen molar-refractivity contribution in [2.24, 2.45) is 5.73 Å². The topological polar surface area (TPSA) is 101 Å². The van der Waals surface area contributed by atoms with Crippen LogP contribution in [0.15, 0.2) is 12.4 Å². The van der Waals surface area contributed by atoms with Gasteiger partial charge in [0, 0.05) is 18.9 Å². The molecule has 18 heavy (non-hydrogen) atoms. The number of nitrogens with one attached hydrogen (secondary N) is 1. The number of anilines is 1. The fourth-order valence-corrected chi connectivity index (χ4v) is 1.85. The van der Waals surface area contributed by atoms with E-state index in [1.54, 1.807) is 18.7 Å². The van der Waals surface area contributed by atoms with Crippen molar-refractivity contribution in [1.82, 2.24) is 15.3 Å². The van der Waals surface area contributed by atoms with Gasteiger partial charge in [-0.15, -0.1) is 0 Å². The highest BCUT2D eigenvalue weighted by Crippen LogP contribution is 2.26. The lowest BCUT2D eigenvalue weighted by Gasteiger charge is -2.41. The molecular weight excluding hydrogens is 234 g/mol. The number of nitrogens with zero attached hydrogens (tertiary/aromatic N) is 3. The summed E-state index contributed by atoms with van der Waals surface area (Å²) in [6.45, 7) is 3.71. The van der Waals surface area contributed by atoms with Gasteiger partial charge < -0.3 is 10.6 Å². The standard InChI is InChI=1S/C11H15N5O2/c1-11(2)10(18)15-8(17)6-16(11)9-7(5-12)13-3-4-14-9/h3-4H,5-6,12H2,1-2H3,(H,15,17,18). The third kappa shape index (κ3) is 1.92. The van der Waals surface area contributed by atoms with Crippen molar-refractivity contribution in [2.75, 3.05) is 11.4 Å². The molecule has 7 heteroatoms. The number of carbonyl (C=O) groups is 2. The Morgan fingerprint density at radius 2 is 2.06 bits per heavy atom. The molecule has 1 saturated heterocycles. The van der Waals surface area contributed by atoms with Crippen molar-refractivity contribution in [3.05, 3.63) is 18.1 Å². The molecule has 0 spiro atoms. The number of imide groups is 1. The van der Waals surface area contributed by atoms with E-state index in [2.05, 4.69) is 15.3 Å². The zero-order valence-corrected chi connectivity index (χ0v) is 10.3. The zero-order chi connectivity index (χ0) is 13.3. The average Bonchev–Trinajstić information content (AvgIpc) is 2.34. The minimum absolute atomic E-state index is 0.0600. The molecule has 0 radical (unpaired) electrons. The van der Waals surface area contributed by atoms with E-state index in [1.807, 2.05) is 0 Å². The van der Waals surface area contributed by atoms with E-state index in [0.717, 1.165) is 0 Å². The highest BCUT2D eigenvalue weighted by molar-refractivity contribution is 6.06. The Morgan fingerprint density at radius 3 is 2.72 bits per heavy atom. The van der Waals surface area contributed by atoms with Crippen LogP contribution in [-0.4, -0.2) is 33.9 Å². The third-order valence-electron chi connectivity index (χ3n) is 2.99. The molecule has 7 nitrogen and oxygen atoms in total. The summed E-state index contributed by atoms with van der Waals surface area (Å²) in [7, 11) is 0. The van der Waals surface area contributed by atoms with E-state index in [-0.39, 0.29) is 24.9 Å². The SMILES string of the molecule is CC1(C)C(=O)NC(=O)CN1c1nccnc1CN. The van der Waals surface area contributed by atoms with Crippen LogP contribution in [0.5, 0.6) is 0 Å². The van der Waals surface area contributed by atoms with Crippen molar-refractivity contribution in [3.8, 4) is 0 Å². The van der Waals surface area contributed by atoms with Crippen LogP contribution >= 0.6 is 0 Å². The highest BCUT2D eigenvalue weighted by atomic mass is 16.2. The molecule has 96 valence electrons. The van der Waals surface area contributed by atoms with E-state index >= 15 is 0 Å². The highest BCUT2D eigenvalue weighted by Gasteiger charge is 2.42. The Hall–Kier alpha value is -2.02. The molecule has 0 aliphatic carbocycles. The molecule has 0 bridgehead atoms. The normalized spacial score (nSPS) is 18.7. The number of piperazine rings is 1. The molecular formula is C11H15N5O2. The van der Waals surface area contributed by atoms with Crippen molar-refractivity contribution in [1.29, 1.82) is 0 Å². The first-order valence-electron chi connectivity index (χ1n) is 5.58. The average molecular weight is 249 g/mol. The Bertz CT molecular complexity index is 500.